The minimum atomic E-state index is 0.0126. The van der Waals surface area contributed by atoms with E-state index < -0.39 is 0 Å². The fourth-order valence-electron chi connectivity index (χ4n) is 3.62. The first-order chi connectivity index (χ1) is 13.2. The summed E-state index contributed by atoms with van der Waals surface area (Å²) in [6, 6.07) is 7.15. The average Bonchev–Trinajstić information content (AvgIpc) is 3.33. The number of aromatic nitrogens is 2. The van der Waals surface area contributed by atoms with E-state index in [9.17, 15) is 4.79 Å². The van der Waals surface area contributed by atoms with Crippen LogP contribution in [0.4, 0.5) is 0 Å². The second-order valence-electron chi connectivity index (χ2n) is 7.21. The molecular weight excluding hydrogens is 346 g/mol. The summed E-state index contributed by atoms with van der Waals surface area (Å²) in [7, 11) is 1.61. The van der Waals surface area contributed by atoms with Gasteiger partial charge >= 0.3 is 0 Å². The van der Waals surface area contributed by atoms with E-state index in [2.05, 4.69) is 10.1 Å². The molecule has 0 atom stereocenters. The maximum absolute atomic E-state index is 12.5. The fraction of sp³-hybridized carbons (Fsp3) is 0.550. The quantitative estimate of drug-likeness (QED) is 0.745. The molecule has 2 heterocycles. The first-order valence-corrected chi connectivity index (χ1v) is 9.60. The first-order valence-electron chi connectivity index (χ1n) is 9.60. The highest BCUT2D eigenvalue weighted by Gasteiger charge is 2.36. The van der Waals surface area contributed by atoms with Crippen molar-refractivity contribution < 1.29 is 18.8 Å². The van der Waals surface area contributed by atoms with E-state index in [-0.39, 0.29) is 11.8 Å². The molecule has 0 spiro atoms. The Morgan fingerprint density at radius 3 is 2.67 bits per heavy atom. The molecule has 144 valence electrons. The van der Waals surface area contributed by atoms with E-state index >= 15 is 0 Å². The van der Waals surface area contributed by atoms with Crippen LogP contribution in [0.2, 0.25) is 0 Å². The van der Waals surface area contributed by atoms with Crippen LogP contribution in [0.1, 0.15) is 53.7 Å². The Bertz CT molecular complexity index is 762. The first kappa shape index (κ1) is 18.0. The number of amides is 1. The molecule has 1 aliphatic carbocycles. The molecular formula is C20H25N3O4. The van der Waals surface area contributed by atoms with Crippen LogP contribution in [0.25, 0.3) is 0 Å². The molecule has 1 saturated heterocycles. The highest BCUT2D eigenvalue weighted by Crippen LogP contribution is 2.28. The van der Waals surface area contributed by atoms with Crippen LogP contribution in [0, 0.1) is 0 Å². The highest BCUT2D eigenvalue weighted by molar-refractivity contribution is 5.95. The minimum absolute atomic E-state index is 0.0126. The lowest BCUT2D eigenvalue weighted by Gasteiger charge is -2.37. The lowest BCUT2D eigenvalue weighted by atomic mass is 9.98. The van der Waals surface area contributed by atoms with Crippen molar-refractivity contribution in [1.82, 2.24) is 15.0 Å². The molecule has 0 radical (unpaired) electrons. The van der Waals surface area contributed by atoms with Gasteiger partial charge in [0.25, 0.3) is 5.91 Å². The van der Waals surface area contributed by atoms with Crippen molar-refractivity contribution in [2.75, 3.05) is 26.8 Å². The standard InChI is InChI=1S/C20H25N3O4/c1-25-16-8-6-14(7-9-16)20(24)23-12-15(13-23)19-21-18(22-27-19)10-11-26-17-4-2-3-5-17/h6-9,15,17H,2-5,10-13H2,1H3. The van der Waals surface area contributed by atoms with Gasteiger partial charge < -0.3 is 18.9 Å². The molecule has 0 bridgehead atoms. The number of rotatable bonds is 7. The molecule has 1 aromatic heterocycles. The van der Waals surface area contributed by atoms with Crippen LogP contribution >= 0.6 is 0 Å². The molecule has 1 saturated carbocycles. The normalized spacial score (nSPS) is 17.9. The van der Waals surface area contributed by atoms with Crippen molar-refractivity contribution in [2.24, 2.45) is 0 Å². The molecule has 0 unspecified atom stereocenters. The second kappa shape index (κ2) is 8.08. The number of carbonyl (C=O) groups is 1. The van der Waals surface area contributed by atoms with Gasteiger partial charge in [0.15, 0.2) is 5.82 Å². The summed E-state index contributed by atoms with van der Waals surface area (Å²) in [6.07, 6.45) is 5.94. The van der Waals surface area contributed by atoms with Gasteiger partial charge in [-0.3, -0.25) is 4.79 Å². The van der Waals surface area contributed by atoms with E-state index in [1.807, 2.05) is 0 Å². The Balaban J connectivity index is 1.24. The van der Waals surface area contributed by atoms with Gasteiger partial charge in [-0.15, -0.1) is 0 Å². The van der Waals surface area contributed by atoms with Crippen LogP contribution in [0.5, 0.6) is 5.75 Å². The molecule has 4 rings (SSSR count). The molecule has 7 nitrogen and oxygen atoms in total. The van der Waals surface area contributed by atoms with Crippen LogP contribution in [-0.2, 0) is 11.2 Å². The molecule has 2 aromatic rings. The molecule has 1 aliphatic heterocycles. The van der Waals surface area contributed by atoms with E-state index in [0.717, 1.165) is 18.6 Å². The van der Waals surface area contributed by atoms with Crippen molar-refractivity contribution in [3.05, 3.63) is 41.5 Å². The third kappa shape index (κ3) is 4.13. The van der Waals surface area contributed by atoms with E-state index in [1.54, 1.807) is 36.3 Å². The van der Waals surface area contributed by atoms with Gasteiger partial charge in [0.1, 0.15) is 5.75 Å². The van der Waals surface area contributed by atoms with Crippen molar-refractivity contribution in [3.8, 4) is 5.75 Å². The Labute approximate surface area is 158 Å². The number of ether oxygens (including phenoxy) is 2. The lowest BCUT2D eigenvalue weighted by Crippen LogP contribution is -2.48. The average molecular weight is 371 g/mol. The molecule has 2 aliphatic rings. The summed E-state index contributed by atoms with van der Waals surface area (Å²) in [5.74, 6) is 2.17. The molecule has 7 heteroatoms. The van der Waals surface area contributed by atoms with Gasteiger partial charge in [-0.05, 0) is 37.1 Å². The smallest absolute Gasteiger partial charge is 0.253 e. The van der Waals surface area contributed by atoms with Gasteiger partial charge in [-0.1, -0.05) is 18.0 Å². The number of hydrogen-bond acceptors (Lipinski definition) is 6. The van der Waals surface area contributed by atoms with Crippen LogP contribution in [0.15, 0.2) is 28.8 Å². The number of benzene rings is 1. The summed E-state index contributed by atoms with van der Waals surface area (Å²) >= 11 is 0. The zero-order valence-electron chi connectivity index (χ0n) is 15.6. The topological polar surface area (TPSA) is 77.7 Å². The van der Waals surface area contributed by atoms with Crippen LogP contribution < -0.4 is 4.74 Å². The molecule has 0 N–H and O–H groups in total. The number of hydrogen-bond donors (Lipinski definition) is 0. The van der Waals surface area contributed by atoms with Crippen molar-refractivity contribution in [2.45, 2.75) is 44.1 Å². The number of methoxy groups -OCH3 is 1. The van der Waals surface area contributed by atoms with Gasteiger partial charge in [-0.2, -0.15) is 4.98 Å². The van der Waals surface area contributed by atoms with Gasteiger partial charge in [0.05, 0.1) is 25.7 Å². The third-order valence-electron chi connectivity index (χ3n) is 5.32. The van der Waals surface area contributed by atoms with Gasteiger partial charge in [0, 0.05) is 25.1 Å². The lowest BCUT2D eigenvalue weighted by molar-refractivity contribution is 0.0568. The van der Waals surface area contributed by atoms with Crippen molar-refractivity contribution in [3.63, 3.8) is 0 Å². The zero-order valence-corrected chi connectivity index (χ0v) is 15.6. The number of carbonyl (C=O) groups excluding carboxylic acids is 1. The predicted octanol–water partition coefficient (Wildman–Crippen LogP) is 2.82. The van der Waals surface area contributed by atoms with Gasteiger partial charge in [-0.25, -0.2) is 0 Å². The maximum atomic E-state index is 12.5. The SMILES string of the molecule is COc1ccc(C(=O)N2CC(c3nc(CCOC4CCCC4)no3)C2)cc1. The molecule has 1 amide bonds. The molecule has 2 fully saturated rings. The minimum Gasteiger partial charge on any atom is -0.497 e. The van der Waals surface area contributed by atoms with Gasteiger partial charge in [0.2, 0.25) is 5.89 Å². The van der Waals surface area contributed by atoms with E-state index in [4.69, 9.17) is 14.0 Å². The van der Waals surface area contributed by atoms with Crippen LogP contribution in [-0.4, -0.2) is 53.9 Å². The monoisotopic (exact) mass is 371 g/mol. The summed E-state index contributed by atoms with van der Waals surface area (Å²) in [4.78, 5) is 18.7. The summed E-state index contributed by atoms with van der Waals surface area (Å²) in [5.41, 5.74) is 0.657. The number of likely N-dealkylation sites (tertiary alicyclic amines) is 1. The Kier molecular flexibility index (Phi) is 5.38. The Morgan fingerprint density at radius 1 is 1.22 bits per heavy atom. The van der Waals surface area contributed by atoms with Crippen LogP contribution in [0.3, 0.4) is 0 Å². The fourth-order valence-corrected chi connectivity index (χ4v) is 3.62. The predicted molar refractivity (Wildman–Crippen MR) is 97.8 cm³/mol. The Morgan fingerprint density at radius 2 is 1.96 bits per heavy atom. The molecule has 1 aromatic carbocycles. The van der Waals surface area contributed by atoms with Crippen molar-refractivity contribution in [1.29, 1.82) is 0 Å². The third-order valence-corrected chi connectivity index (χ3v) is 5.32. The summed E-state index contributed by atoms with van der Waals surface area (Å²) in [6.45, 7) is 1.84. The molecule has 27 heavy (non-hydrogen) atoms. The van der Waals surface area contributed by atoms with E-state index in [0.29, 0.717) is 49.5 Å². The highest BCUT2D eigenvalue weighted by atomic mass is 16.5. The summed E-state index contributed by atoms with van der Waals surface area (Å²) < 4.78 is 16.4. The number of nitrogens with zero attached hydrogens (tertiary/aromatic N) is 3. The zero-order chi connectivity index (χ0) is 18.6. The van der Waals surface area contributed by atoms with Crippen molar-refractivity contribution >= 4 is 5.91 Å². The second-order valence-corrected chi connectivity index (χ2v) is 7.21. The Hall–Kier alpha value is -2.41. The largest absolute Gasteiger partial charge is 0.497 e. The van der Waals surface area contributed by atoms with E-state index in [1.165, 1.54) is 12.8 Å². The summed E-state index contributed by atoms with van der Waals surface area (Å²) in [5, 5.41) is 4.05. The maximum Gasteiger partial charge on any atom is 0.253 e.